The Labute approximate surface area is 236 Å². The quantitative estimate of drug-likeness (QED) is 0.286. The predicted octanol–water partition coefficient (Wildman–Crippen LogP) is 6.71. The van der Waals surface area contributed by atoms with E-state index < -0.39 is 6.04 Å². The van der Waals surface area contributed by atoms with Crippen LogP contribution in [0.2, 0.25) is 10.0 Å². The van der Waals surface area contributed by atoms with Gasteiger partial charge in [0, 0.05) is 35.1 Å². The van der Waals surface area contributed by atoms with Gasteiger partial charge in [0.15, 0.2) is 6.61 Å². The molecule has 7 heteroatoms. The third-order valence-corrected chi connectivity index (χ3v) is 7.17. The Morgan fingerprint density at radius 3 is 2.24 bits per heavy atom. The number of ether oxygens (including phenoxy) is 1. The lowest BCUT2D eigenvalue weighted by atomic mass is 10.0. The molecule has 3 aromatic carbocycles. The molecule has 38 heavy (non-hydrogen) atoms. The van der Waals surface area contributed by atoms with Gasteiger partial charge in [-0.3, -0.25) is 9.59 Å². The maximum absolute atomic E-state index is 13.8. The number of hydrogen-bond donors (Lipinski definition) is 1. The third kappa shape index (κ3) is 7.99. The molecule has 0 spiro atoms. The summed E-state index contributed by atoms with van der Waals surface area (Å²) in [6.07, 6.45) is 0.334. The average molecular weight is 556 g/mol. The number of carbonyl (C=O) groups is 2. The summed E-state index contributed by atoms with van der Waals surface area (Å²) in [6.45, 7) is 10.4. The monoisotopic (exact) mass is 554 g/mol. The first-order valence-electron chi connectivity index (χ1n) is 12.8. The number of benzene rings is 3. The molecule has 0 aromatic heterocycles. The molecule has 0 aliphatic carbocycles. The minimum absolute atomic E-state index is 0.0686. The summed E-state index contributed by atoms with van der Waals surface area (Å²) < 4.78 is 6.03. The van der Waals surface area contributed by atoms with Crippen molar-refractivity contribution in [3.05, 3.63) is 98.5 Å². The van der Waals surface area contributed by atoms with E-state index in [0.717, 1.165) is 22.3 Å². The van der Waals surface area contributed by atoms with Gasteiger partial charge in [-0.15, -0.1) is 0 Å². The molecule has 1 atom stereocenters. The largest absolute Gasteiger partial charge is 0.483 e. The first-order chi connectivity index (χ1) is 18.1. The van der Waals surface area contributed by atoms with Crippen LogP contribution in [0, 0.1) is 26.7 Å². The fraction of sp³-hybridized carbons (Fsp3) is 0.355. The van der Waals surface area contributed by atoms with Gasteiger partial charge >= 0.3 is 0 Å². The van der Waals surface area contributed by atoms with Crippen molar-refractivity contribution in [2.24, 2.45) is 5.92 Å². The molecule has 3 aromatic rings. The van der Waals surface area contributed by atoms with E-state index in [4.69, 9.17) is 27.9 Å². The van der Waals surface area contributed by atoms with Gasteiger partial charge < -0.3 is 15.0 Å². The minimum atomic E-state index is -0.792. The van der Waals surface area contributed by atoms with Gasteiger partial charge in [0.05, 0.1) is 0 Å². The van der Waals surface area contributed by atoms with Crippen molar-refractivity contribution in [3.8, 4) is 5.75 Å². The van der Waals surface area contributed by atoms with Crippen molar-refractivity contribution >= 4 is 35.0 Å². The number of amides is 2. The Balaban J connectivity index is 1.98. The Kier molecular flexibility index (Phi) is 10.6. The second kappa shape index (κ2) is 13.7. The molecule has 0 fully saturated rings. The molecule has 3 rings (SSSR count). The fourth-order valence-electron chi connectivity index (χ4n) is 4.20. The summed E-state index contributed by atoms with van der Waals surface area (Å²) in [6, 6.07) is 18.1. The van der Waals surface area contributed by atoms with Crippen LogP contribution in [0.4, 0.5) is 0 Å². The maximum atomic E-state index is 13.8. The zero-order chi connectivity index (χ0) is 27.8. The highest BCUT2D eigenvalue weighted by atomic mass is 35.5. The number of nitrogens with one attached hydrogen (secondary N) is 1. The van der Waals surface area contributed by atoms with Crippen molar-refractivity contribution in [2.75, 3.05) is 13.2 Å². The van der Waals surface area contributed by atoms with E-state index in [0.29, 0.717) is 34.3 Å². The molecule has 0 aliphatic heterocycles. The van der Waals surface area contributed by atoms with E-state index in [1.165, 1.54) is 4.90 Å². The lowest BCUT2D eigenvalue weighted by molar-refractivity contribution is -0.142. The van der Waals surface area contributed by atoms with Crippen molar-refractivity contribution in [3.63, 3.8) is 0 Å². The molecular weight excluding hydrogens is 519 g/mol. The highest BCUT2D eigenvalue weighted by molar-refractivity contribution is 6.36. The molecule has 0 aliphatic rings. The summed E-state index contributed by atoms with van der Waals surface area (Å²) in [4.78, 5) is 28.9. The molecule has 1 N–H and O–H groups in total. The maximum Gasteiger partial charge on any atom is 0.261 e. The molecule has 0 saturated heterocycles. The van der Waals surface area contributed by atoms with E-state index in [2.05, 4.69) is 11.4 Å². The van der Waals surface area contributed by atoms with Gasteiger partial charge in [-0.1, -0.05) is 79.5 Å². The Hall–Kier alpha value is -3.02. The molecule has 5 nitrogen and oxygen atoms in total. The molecule has 0 heterocycles. The summed E-state index contributed by atoms with van der Waals surface area (Å²) in [5, 5.41) is 3.88. The third-order valence-electron chi connectivity index (χ3n) is 6.46. The van der Waals surface area contributed by atoms with Crippen molar-refractivity contribution in [1.29, 1.82) is 0 Å². The normalized spacial score (nSPS) is 11.8. The van der Waals surface area contributed by atoms with Gasteiger partial charge in [0.25, 0.3) is 5.91 Å². The standard InChI is InChI=1S/C31H36Cl2N2O3/c1-20(2)17-34-31(37)28(16-24-10-7-6-8-11-24)35(18-25-26(32)12-9-13-27(25)33)30(36)19-38-29-15-21(3)14-22(4)23(29)5/h6-15,20,28H,16-19H2,1-5H3,(H,34,37)/t28-/m1/s1. The van der Waals surface area contributed by atoms with Crippen LogP contribution in [0.15, 0.2) is 60.7 Å². The van der Waals surface area contributed by atoms with Gasteiger partial charge in [-0.05, 0) is 67.1 Å². The number of hydrogen-bond acceptors (Lipinski definition) is 3. The summed E-state index contributed by atoms with van der Waals surface area (Å²) in [7, 11) is 0. The number of aryl methyl sites for hydroxylation is 2. The molecular formula is C31H36Cl2N2O3. The summed E-state index contributed by atoms with van der Waals surface area (Å²) in [5.74, 6) is 0.339. The molecule has 0 radical (unpaired) electrons. The van der Waals surface area contributed by atoms with Gasteiger partial charge in [0.1, 0.15) is 11.8 Å². The number of halogens is 2. The van der Waals surface area contributed by atoms with E-state index in [9.17, 15) is 9.59 Å². The van der Waals surface area contributed by atoms with Crippen molar-refractivity contribution in [2.45, 2.75) is 53.6 Å². The molecule has 0 saturated carbocycles. The van der Waals surface area contributed by atoms with Crippen molar-refractivity contribution < 1.29 is 14.3 Å². The first kappa shape index (κ1) is 29.5. The average Bonchev–Trinajstić information content (AvgIpc) is 2.87. The first-order valence-corrected chi connectivity index (χ1v) is 13.6. The Bertz CT molecular complexity index is 1240. The highest BCUT2D eigenvalue weighted by Gasteiger charge is 2.31. The van der Waals surface area contributed by atoms with Crippen LogP contribution >= 0.6 is 23.2 Å². The van der Waals surface area contributed by atoms with E-state index in [1.807, 2.05) is 71.0 Å². The molecule has 0 unspecified atom stereocenters. The van der Waals surface area contributed by atoms with Crippen molar-refractivity contribution in [1.82, 2.24) is 10.2 Å². The van der Waals surface area contributed by atoms with Crippen LogP contribution in [0.25, 0.3) is 0 Å². The number of rotatable bonds is 11. The van der Waals surface area contributed by atoms with Crippen LogP contribution in [0.3, 0.4) is 0 Å². The predicted molar refractivity (Wildman–Crippen MR) is 155 cm³/mol. The van der Waals surface area contributed by atoms with Crippen LogP contribution in [-0.4, -0.2) is 35.9 Å². The van der Waals surface area contributed by atoms with Crippen LogP contribution in [0.5, 0.6) is 5.75 Å². The topological polar surface area (TPSA) is 58.6 Å². The lowest BCUT2D eigenvalue weighted by Gasteiger charge is -2.32. The van der Waals surface area contributed by atoms with Gasteiger partial charge in [-0.2, -0.15) is 0 Å². The molecule has 2 amide bonds. The second-order valence-corrected chi connectivity index (χ2v) is 10.9. The SMILES string of the molecule is Cc1cc(C)c(C)c(OCC(=O)N(Cc2c(Cl)cccc2Cl)[C@H](Cc2ccccc2)C(=O)NCC(C)C)c1. The Morgan fingerprint density at radius 2 is 1.61 bits per heavy atom. The summed E-state index contributed by atoms with van der Waals surface area (Å²) in [5.41, 5.74) is 4.62. The van der Waals surface area contributed by atoms with Crippen LogP contribution in [-0.2, 0) is 22.6 Å². The highest BCUT2D eigenvalue weighted by Crippen LogP contribution is 2.28. The number of carbonyl (C=O) groups excluding carboxylic acids is 2. The second-order valence-electron chi connectivity index (χ2n) is 10.1. The molecule has 202 valence electrons. The van der Waals surface area contributed by atoms with E-state index in [1.54, 1.807) is 18.2 Å². The zero-order valence-corrected chi connectivity index (χ0v) is 24.2. The van der Waals surface area contributed by atoms with Crippen LogP contribution in [0.1, 0.15) is 41.7 Å². The Morgan fingerprint density at radius 1 is 0.947 bits per heavy atom. The van der Waals surface area contributed by atoms with Crippen LogP contribution < -0.4 is 10.1 Å². The minimum Gasteiger partial charge on any atom is -0.483 e. The van der Waals surface area contributed by atoms with Gasteiger partial charge in [0.2, 0.25) is 5.91 Å². The molecule has 0 bridgehead atoms. The smallest absolute Gasteiger partial charge is 0.261 e. The fourth-order valence-corrected chi connectivity index (χ4v) is 4.72. The summed E-state index contributed by atoms with van der Waals surface area (Å²) >= 11 is 13.0. The van der Waals surface area contributed by atoms with E-state index in [-0.39, 0.29) is 30.9 Å². The number of nitrogens with zero attached hydrogens (tertiary/aromatic N) is 1. The zero-order valence-electron chi connectivity index (χ0n) is 22.7. The van der Waals surface area contributed by atoms with E-state index >= 15 is 0 Å². The lowest BCUT2D eigenvalue weighted by Crippen LogP contribution is -2.52. The van der Waals surface area contributed by atoms with Gasteiger partial charge in [-0.25, -0.2) is 0 Å².